The summed E-state index contributed by atoms with van der Waals surface area (Å²) in [7, 11) is -4.22. The minimum atomic E-state index is -4.22. The molecule has 3 rings (SSSR count). The second kappa shape index (κ2) is 13.1. The lowest BCUT2D eigenvalue weighted by Crippen LogP contribution is -2.52. The van der Waals surface area contributed by atoms with Gasteiger partial charge in [0, 0.05) is 13.1 Å². The molecule has 0 saturated heterocycles. The number of nitrogens with zero attached hydrogens (tertiary/aromatic N) is 2. The number of amides is 2. The number of anilines is 1. The number of sulfonamides is 1. The van der Waals surface area contributed by atoms with E-state index in [1.807, 2.05) is 0 Å². The van der Waals surface area contributed by atoms with Crippen molar-refractivity contribution in [2.45, 2.75) is 37.8 Å². The van der Waals surface area contributed by atoms with E-state index in [0.29, 0.717) is 12.1 Å². The molecule has 1 N–H and O–H groups in total. The van der Waals surface area contributed by atoms with Gasteiger partial charge in [0.2, 0.25) is 11.8 Å². The van der Waals surface area contributed by atoms with Crippen LogP contribution < -0.4 is 9.62 Å². The van der Waals surface area contributed by atoms with Crippen molar-refractivity contribution in [3.8, 4) is 0 Å². The lowest BCUT2D eigenvalue weighted by molar-refractivity contribution is -0.140. The van der Waals surface area contributed by atoms with Crippen LogP contribution >= 0.6 is 23.2 Å². The molecule has 7 nitrogen and oxygen atoms in total. The first-order chi connectivity index (χ1) is 18.1. The molecule has 0 aromatic heterocycles. The van der Waals surface area contributed by atoms with Crippen LogP contribution in [0.2, 0.25) is 10.0 Å². The third kappa shape index (κ3) is 7.03. The van der Waals surface area contributed by atoms with E-state index in [9.17, 15) is 22.4 Å². The SMILES string of the molecule is CCNC(=O)[C@@H](CC)N(Cc1ccc(F)cc1)C(=O)CN(c1ccc(Cl)c(Cl)c1)S(=O)(=O)c1ccccc1. The van der Waals surface area contributed by atoms with Gasteiger partial charge in [-0.2, -0.15) is 0 Å². The van der Waals surface area contributed by atoms with E-state index in [1.165, 1.54) is 59.5 Å². The Labute approximate surface area is 232 Å². The molecule has 0 fully saturated rings. The van der Waals surface area contributed by atoms with Crippen molar-refractivity contribution in [2.75, 3.05) is 17.4 Å². The number of hydrogen-bond donors (Lipinski definition) is 1. The summed E-state index contributed by atoms with van der Waals surface area (Å²) in [5, 5.41) is 3.06. The molecule has 1 atom stereocenters. The van der Waals surface area contributed by atoms with Gasteiger partial charge >= 0.3 is 0 Å². The van der Waals surface area contributed by atoms with Gasteiger partial charge in [0.1, 0.15) is 18.4 Å². The van der Waals surface area contributed by atoms with Crippen LogP contribution in [0.4, 0.5) is 10.1 Å². The van der Waals surface area contributed by atoms with Crippen molar-refractivity contribution < 1.29 is 22.4 Å². The first-order valence-corrected chi connectivity index (χ1v) is 14.1. The Morgan fingerprint density at radius 3 is 2.18 bits per heavy atom. The van der Waals surface area contributed by atoms with Crippen LogP contribution in [0.25, 0.3) is 0 Å². The number of rotatable bonds is 11. The van der Waals surface area contributed by atoms with Crippen molar-refractivity contribution in [3.05, 3.63) is 94.2 Å². The summed E-state index contributed by atoms with van der Waals surface area (Å²) in [6.07, 6.45) is 0.275. The zero-order valence-electron chi connectivity index (χ0n) is 20.9. The third-order valence-corrected chi connectivity index (χ3v) is 8.33. The number of hydrogen-bond acceptors (Lipinski definition) is 4. The Hall–Kier alpha value is -3.14. The molecule has 2 amide bonds. The van der Waals surface area contributed by atoms with E-state index < -0.39 is 34.3 Å². The first-order valence-electron chi connectivity index (χ1n) is 11.9. The molecule has 0 heterocycles. The van der Waals surface area contributed by atoms with Gasteiger partial charge in [-0.15, -0.1) is 0 Å². The fraction of sp³-hybridized carbons (Fsp3) is 0.259. The van der Waals surface area contributed by atoms with Crippen molar-refractivity contribution >= 4 is 50.7 Å². The van der Waals surface area contributed by atoms with Crippen molar-refractivity contribution in [1.29, 1.82) is 0 Å². The molecule has 0 aliphatic carbocycles. The molecule has 0 unspecified atom stereocenters. The Morgan fingerprint density at radius 1 is 0.947 bits per heavy atom. The van der Waals surface area contributed by atoms with E-state index >= 15 is 0 Å². The molecule has 11 heteroatoms. The lowest BCUT2D eigenvalue weighted by Gasteiger charge is -2.33. The van der Waals surface area contributed by atoms with E-state index in [1.54, 1.807) is 32.0 Å². The van der Waals surface area contributed by atoms with E-state index in [-0.39, 0.29) is 39.5 Å². The molecule has 38 heavy (non-hydrogen) atoms. The number of likely N-dealkylation sites (N-methyl/N-ethyl adjacent to an activating group) is 1. The van der Waals surface area contributed by atoms with E-state index in [0.717, 1.165) is 4.31 Å². The highest BCUT2D eigenvalue weighted by Gasteiger charge is 2.33. The summed E-state index contributed by atoms with van der Waals surface area (Å²) in [5.41, 5.74) is 0.707. The van der Waals surface area contributed by atoms with Gasteiger partial charge in [-0.05, 0) is 61.4 Å². The summed E-state index contributed by atoms with van der Waals surface area (Å²) in [5.74, 6) is -1.45. The van der Waals surface area contributed by atoms with Crippen LogP contribution in [0.15, 0.2) is 77.7 Å². The van der Waals surface area contributed by atoms with E-state index in [2.05, 4.69) is 5.32 Å². The molecular formula is C27H28Cl2FN3O4S. The average Bonchev–Trinajstić information content (AvgIpc) is 2.90. The Bertz CT molecular complexity index is 1370. The fourth-order valence-electron chi connectivity index (χ4n) is 3.89. The highest BCUT2D eigenvalue weighted by Crippen LogP contribution is 2.31. The van der Waals surface area contributed by atoms with Crippen LogP contribution in [-0.2, 0) is 26.2 Å². The summed E-state index contributed by atoms with van der Waals surface area (Å²) in [6, 6.07) is 16.6. The third-order valence-electron chi connectivity index (χ3n) is 5.80. The second-order valence-electron chi connectivity index (χ2n) is 8.39. The smallest absolute Gasteiger partial charge is 0.264 e. The summed E-state index contributed by atoms with van der Waals surface area (Å²) in [4.78, 5) is 28.0. The van der Waals surface area contributed by atoms with E-state index in [4.69, 9.17) is 23.2 Å². The lowest BCUT2D eigenvalue weighted by atomic mass is 10.1. The zero-order chi connectivity index (χ0) is 27.9. The van der Waals surface area contributed by atoms with Crippen LogP contribution in [0.3, 0.4) is 0 Å². The maximum atomic E-state index is 13.8. The van der Waals surface area contributed by atoms with Gasteiger partial charge in [0.15, 0.2) is 0 Å². The number of carbonyl (C=O) groups is 2. The molecule has 0 radical (unpaired) electrons. The number of benzene rings is 3. The largest absolute Gasteiger partial charge is 0.355 e. The van der Waals surface area contributed by atoms with Gasteiger partial charge in [0.05, 0.1) is 20.6 Å². The van der Waals surface area contributed by atoms with Crippen molar-refractivity contribution in [2.24, 2.45) is 0 Å². The molecule has 0 bridgehead atoms. The Kier molecular flexibility index (Phi) is 10.1. The predicted octanol–water partition coefficient (Wildman–Crippen LogP) is 5.27. The Morgan fingerprint density at radius 2 is 1.61 bits per heavy atom. The molecule has 0 saturated carbocycles. The molecule has 0 aliphatic heterocycles. The van der Waals surface area contributed by atoms with Crippen molar-refractivity contribution in [3.63, 3.8) is 0 Å². The minimum absolute atomic E-state index is 0.0280. The molecule has 0 spiro atoms. The normalized spacial score (nSPS) is 12.0. The number of nitrogens with one attached hydrogen (secondary N) is 1. The van der Waals surface area contributed by atoms with Crippen LogP contribution in [0, 0.1) is 5.82 Å². The molecule has 3 aromatic carbocycles. The number of carbonyl (C=O) groups excluding carboxylic acids is 2. The van der Waals surface area contributed by atoms with Crippen LogP contribution in [0.5, 0.6) is 0 Å². The van der Waals surface area contributed by atoms with Gasteiger partial charge in [-0.3, -0.25) is 13.9 Å². The number of halogens is 3. The summed E-state index contributed by atoms with van der Waals surface area (Å²) >= 11 is 12.2. The summed E-state index contributed by atoms with van der Waals surface area (Å²) < 4.78 is 41.9. The maximum absolute atomic E-state index is 13.8. The standard InChI is InChI=1S/C27H28Cl2FN3O4S/c1-3-25(27(35)31-4-2)32(17-19-10-12-20(30)13-11-19)26(34)18-33(21-14-15-23(28)24(29)16-21)38(36,37)22-8-6-5-7-9-22/h5-16,25H,3-4,17-18H2,1-2H3,(H,31,35)/t25-/m1/s1. The van der Waals surface area contributed by atoms with Crippen LogP contribution in [-0.4, -0.2) is 44.3 Å². The van der Waals surface area contributed by atoms with Crippen LogP contribution in [0.1, 0.15) is 25.8 Å². The maximum Gasteiger partial charge on any atom is 0.264 e. The first kappa shape index (κ1) is 29.4. The quantitative estimate of drug-likeness (QED) is 0.335. The average molecular weight is 581 g/mol. The molecular weight excluding hydrogens is 552 g/mol. The highest BCUT2D eigenvalue weighted by atomic mass is 35.5. The zero-order valence-corrected chi connectivity index (χ0v) is 23.2. The predicted molar refractivity (Wildman–Crippen MR) is 147 cm³/mol. The van der Waals surface area contributed by atoms with Gasteiger partial charge in [-0.25, -0.2) is 12.8 Å². The van der Waals surface area contributed by atoms with Gasteiger partial charge in [-0.1, -0.05) is 60.5 Å². The highest BCUT2D eigenvalue weighted by molar-refractivity contribution is 7.92. The second-order valence-corrected chi connectivity index (χ2v) is 11.1. The molecule has 202 valence electrons. The topological polar surface area (TPSA) is 86.8 Å². The molecule has 3 aromatic rings. The van der Waals surface area contributed by atoms with Crippen molar-refractivity contribution in [1.82, 2.24) is 10.2 Å². The fourth-order valence-corrected chi connectivity index (χ4v) is 5.61. The minimum Gasteiger partial charge on any atom is -0.355 e. The monoisotopic (exact) mass is 579 g/mol. The summed E-state index contributed by atoms with van der Waals surface area (Å²) in [6.45, 7) is 3.21. The van der Waals surface area contributed by atoms with Gasteiger partial charge < -0.3 is 10.2 Å². The van der Waals surface area contributed by atoms with Gasteiger partial charge in [0.25, 0.3) is 10.0 Å². The molecule has 0 aliphatic rings. The Balaban J connectivity index is 2.06.